The fourth-order valence-electron chi connectivity index (χ4n) is 5.93. The van der Waals surface area contributed by atoms with Crippen molar-refractivity contribution in [3.8, 4) is 5.75 Å². The third-order valence-corrected chi connectivity index (χ3v) is 8.18. The Balaban J connectivity index is 1.36. The van der Waals surface area contributed by atoms with Gasteiger partial charge in [-0.25, -0.2) is 0 Å². The third-order valence-electron chi connectivity index (χ3n) is 8.18. The number of carbonyl (C=O) groups is 2. The van der Waals surface area contributed by atoms with Crippen molar-refractivity contribution >= 4 is 11.8 Å². The highest BCUT2D eigenvalue weighted by Crippen LogP contribution is 2.43. The lowest BCUT2D eigenvalue weighted by Crippen LogP contribution is -2.35. The second kappa shape index (κ2) is 8.90. The normalized spacial score (nSPS) is 26.1. The van der Waals surface area contributed by atoms with Gasteiger partial charge in [0.05, 0.1) is 0 Å². The van der Waals surface area contributed by atoms with Crippen LogP contribution in [0, 0.1) is 31.1 Å². The molecule has 0 saturated heterocycles. The molecule has 0 aromatic heterocycles. The van der Waals surface area contributed by atoms with Gasteiger partial charge in [-0.15, -0.1) is 0 Å². The first-order valence-corrected chi connectivity index (χ1v) is 12.4. The van der Waals surface area contributed by atoms with Gasteiger partial charge in [0.15, 0.2) is 5.78 Å². The molecule has 4 heteroatoms. The predicted molar refractivity (Wildman–Crippen MR) is 132 cm³/mol. The zero-order chi connectivity index (χ0) is 23.9. The number of hydrogen-bond acceptors (Lipinski definition) is 3. The second-order valence-corrected chi connectivity index (χ2v) is 10.2. The average Bonchev–Trinajstić information content (AvgIpc) is 3.49. The highest BCUT2D eigenvalue weighted by Gasteiger charge is 2.40. The van der Waals surface area contributed by atoms with E-state index in [4.69, 9.17) is 4.74 Å². The number of aliphatic carboxylic acids is 1. The molecule has 0 radical (unpaired) electrons. The molecule has 0 spiro atoms. The van der Waals surface area contributed by atoms with Gasteiger partial charge < -0.3 is 9.84 Å². The molecule has 5 rings (SSSR count). The zero-order valence-corrected chi connectivity index (χ0v) is 19.9. The van der Waals surface area contributed by atoms with Crippen LogP contribution in [0.4, 0.5) is 0 Å². The number of allylic oxidation sites excluding steroid dienone is 2. The van der Waals surface area contributed by atoms with Gasteiger partial charge >= 0.3 is 5.97 Å². The molecular weight excluding hydrogens is 424 g/mol. The zero-order valence-electron chi connectivity index (χ0n) is 19.9. The number of ketones is 1. The maximum Gasteiger partial charge on any atom is 0.320 e. The van der Waals surface area contributed by atoms with E-state index in [2.05, 4.69) is 0 Å². The van der Waals surface area contributed by atoms with Gasteiger partial charge in [0.2, 0.25) is 0 Å². The van der Waals surface area contributed by atoms with Gasteiger partial charge in [0.1, 0.15) is 17.8 Å². The maximum absolute atomic E-state index is 13.2. The van der Waals surface area contributed by atoms with Gasteiger partial charge in [-0.1, -0.05) is 67.5 Å². The van der Waals surface area contributed by atoms with E-state index in [9.17, 15) is 14.7 Å². The van der Waals surface area contributed by atoms with Crippen molar-refractivity contribution in [2.45, 2.75) is 51.9 Å². The van der Waals surface area contributed by atoms with Crippen LogP contribution < -0.4 is 4.74 Å². The molecule has 1 unspecified atom stereocenters. The summed E-state index contributed by atoms with van der Waals surface area (Å²) in [7, 11) is 0. The summed E-state index contributed by atoms with van der Waals surface area (Å²) in [6.07, 6.45) is 12.9. The Kier molecular flexibility index (Phi) is 5.93. The molecule has 1 N–H and O–H groups in total. The van der Waals surface area contributed by atoms with Gasteiger partial charge in [-0.05, 0) is 67.3 Å². The number of carboxylic acids is 1. The quantitative estimate of drug-likeness (QED) is 0.525. The lowest BCUT2D eigenvalue weighted by molar-refractivity contribution is -0.144. The number of hydrogen-bond donors (Lipinski definition) is 1. The molecule has 0 amide bonds. The van der Waals surface area contributed by atoms with Crippen LogP contribution in [0.3, 0.4) is 0 Å². The van der Waals surface area contributed by atoms with Crippen molar-refractivity contribution in [2.24, 2.45) is 17.3 Å². The van der Waals surface area contributed by atoms with Crippen molar-refractivity contribution < 1.29 is 19.4 Å². The molecule has 1 saturated carbocycles. The van der Waals surface area contributed by atoms with E-state index in [1.54, 1.807) is 12.2 Å². The number of carboxylic acid groups (broad SMARTS) is 1. The SMILES string of the molecule is Cc1c(OCC2(C(=O)O)C=CC(c3ccccc3)C=C2)cc2c(c1C)C(=O)C(C1CCCC1)C2. The van der Waals surface area contributed by atoms with Crippen LogP contribution in [0.2, 0.25) is 0 Å². The van der Waals surface area contributed by atoms with E-state index in [1.165, 1.54) is 12.8 Å². The minimum atomic E-state index is -1.22. The van der Waals surface area contributed by atoms with Gasteiger partial charge in [0.25, 0.3) is 0 Å². The summed E-state index contributed by atoms with van der Waals surface area (Å²) in [6, 6.07) is 12.0. The van der Waals surface area contributed by atoms with E-state index >= 15 is 0 Å². The molecule has 1 atom stereocenters. The lowest BCUT2D eigenvalue weighted by atomic mass is 9.80. The first kappa shape index (κ1) is 22.6. The summed E-state index contributed by atoms with van der Waals surface area (Å²) in [5.74, 6) is 0.685. The Labute approximate surface area is 201 Å². The number of carbonyl (C=O) groups excluding carboxylic acids is 1. The molecule has 0 heterocycles. The van der Waals surface area contributed by atoms with Crippen molar-refractivity contribution in [1.82, 2.24) is 0 Å². The molecule has 2 aromatic rings. The molecule has 0 bridgehead atoms. The summed E-state index contributed by atoms with van der Waals surface area (Å²) < 4.78 is 6.19. The number of Topliss-reactive ketones (excluding diaryl/α,β-unsaturated/α-hetero) is 1. The summed E-state index contributed by atoms with van der Waals surface area (Å²) in [5.41, 5.74) is 3.74. The van der Waals surface area contributed by atoms with Crippen LogP contribution in [0.1, 0.15) is 64.2 Å². The molecule has 3 aliphatic carbocycles. The number of ether oxygens (including phenoxy) is 1. The first-order chi connectivity index (χ1) is 16.4. The largest absolute Gasteiger partial charge is 0.491 e. The van der Waals surface area contributed by atoms with E-state index < -0.39 is 11.4 Å². The van der Waals surface area contributed by atoms with E-state index in [-0.39, 0.29) is 18.4 Å². The standard InChI is InChI=1S/C30H32O4/c1-19-20(2)27-24(16-25(28(27)31)23-10-6-7-11-23)17-26(19)34-18-30(29(32)33)14-12-22(13-15-30)21-8-4-3-5-9-21/h3-5,8-9,12-15,17,22-23,25H,6-7,10-11,16,18H2,1-2H3,(H,32,33). The molecule has 176 valence electrons. The Morgan fingerprint density at radius 1 is 1.06 bits per heavy atom. The Hall–Kier alpha value is -3.14. The van der Waals surface area contributed by atoms with E-state index in [0.717, 1.165) is 47.1 Å². The number of benzene rings is 2. The summed E-state index contributed by atoms with van der Waals surface area (Å²) in [6.45, 7) is 3.97. The van der Waals surface area contributed by atoms with Crippen molar-refractivity contribution in [2.75, 3.05) is 6.61 Å². The number of fused-ring (bicyclic) bond motifs is 1. The molecule has 0 aliphatic heterocycles. The highest BCUT2D eigenvalue weighted by atomic mass is 16.5. The Morgan fingerprint density at radius 3 is 2.38 bits per heavy atom. The van der Waals surface area contributed by atoms with E-state index in [1.807, 2.05) is 62.4 Å². The third kappa shape index (κ3) is 3.89. The average molecular weight is 457 g/mol. The molecule has 34 heavy (non-hydrogen) atoms. The molecule has 2 aromatic carbocycles. The monoisotopic (exact) mass is 456 g/mol. The lowest BCUT2D eigenvalue weighted by Gasteiger charge is -2.27. The van der Waals surface area contributed by atoms with Crippen molar-refractivity contribution in [3.63, 3.8) is 0 Å². The minimum Gasteiger partial charge on any atom is -0.491 e. The smallest absolute Gasteiger partial charge is 0.320 e. The fourth-order valence-corrected chi connectivity index (χ4v) is 5.93. The summed E-state index contributed by atoms with van der Waals surface area (Å²) in [5, 5.41) is 10.1. The van der Waals surface area contributed by atoms with Gasteiger partial charge in [-0.2, -0.15) is 0 Å². The molecule has 1 fully saturated rings. The second-order valence-electron chi connectivity index (χ2n) is 10.2. The van der Waals surface area contributed by atoms with Gasteiger partial charge in [0, 0.05) is 17.4 Å². The van der Waals surface area contributed by atoms with Crippen LogP contribution in [0.5, 0.6) is 5.75 Å². The van der Waals surface area contributed by atoms with E-state index in [0.29, 0.717) is 17.5 Å². The minimum absolute atomic E-state index is 0.00983. The summed E-state index contributed by atoms with van der Waals surface area (Å²) in [4.78, 5) is 25.5. The van der Waals surface area contributed by atoms with Crippen LogP contribution in [0.15, 0.2) is 60.7 Å². The molecule has 3 aliphatic rings. The van der Waals surface area contributed by atoms with Crippen LogP contribution in [0.25, 0.3) is 0 Å². The Morgan fingerprint density at radius 2 is 1.74 bits per heavy atom. The van der Waals surface area contributed by atoms with Crippen molar-refractivity contribution in [3.05, 3.63) is 88.5 Å². The van der Waals surface area contributed by atoms with Crippen molar-refractivity contribution in [1.29, 1.82) is 0 Å². The van der Waals surface area contributed by atoms with Crippen LogP contribution in [-0.4, -0.2) is 23.5 Å². The highest BCUT2D eigenvalue weighted by molar-refractivity contribution is 6.04. The predicted octanol–water partition coefficient (Wildman–Crippen LogP) is 6.21. The molecule has 4 nitrogen and oxygen atoms in total. The fraction of sp³-hybridized carbons (Fsp3) is 0.400. The number of rotatable bonds is 6. The topological polar surface area (TPSA) is 63.6 Å². The maximum atomic E-state index is 13.2. The first-order valence-electron chi connectivity index (χ1n) is 12.4. The van der Waals surface area contributed by atoms with Gasteiger partial charge in [-0.3, -0.25) is 9.59 Å². The Bertz CT molecular complexity index is 1150. The van der Waals surface area contributed by atoms with Crippen LogP contribution in [-0.2, 0) is 11.2 Å². The summed E-state index contributed by atoms with van der Waals surface area (Å²) >= 11 is 0. The molecular formula is C30H32O4. The van der Waals surface area contributed by atoms with Crippen LogP contribution >= 0.6 is 0 Å².